The highest BCUT2D eigenvalue weighted by atomic mass is 35.5. The van der Waals surface area contributed by atoms with Crippen LogP contribution in [-0.4, -0.2) is 34.6 Å². The smallest absolute Gasteiger partial charge is 0.119 e. The van der Waals surface area contributed by atoms with Crippen LogP contribution >= 0.6 is 11.6 Å². The van der Waals surface area contributed by atoms with Gasteiger partial charge in [-0.25, -0.2) is 0 Å². The number of hydrogen-bond acceptors (Lipinski definition) is 4. The van der Waals surface area contributed by atoms with E-state index in [1.807, 2.05) is 6.07 Å². The van der Waals surface area contributed by atoms with Crippen LogP contribution in [0.4, 0.5) is 0 Å². The van der Waals surface area contributed by atoms with Crippen molar-refractivity contribution in [2.24, 2.45) is 22.4 Å². The largest absolute Gasteiger partial charge is 0.497 e. The number of nitrogens with zero attached hydrogens (tertiary/aromatic N) is 1. The number of aliphatic hydroxyl groups excluding tert-OH is 1. The molecule has 0 bridgehead atoms. The number of fused-ring (bicyclic) bond motifs is 5. The van der Waals surface area contributed by atoms with Crippen molar-refractivity contribution in [1.82, 2.24) is 0 Å². The molecule has 1 aromatic rings. The molecule has 0 amide bonds. The number of oxime groups is 1. The zero-order valence-electron chi connectivity index (χ0n) is 14.1. The summed E-state index contributed by atoms with van der Waals surface area (Å²) in [5.74, 6) is 1.78. The summed E-state index contributed by atoms with van der Waals surface area (Å²) in [6.07, 6.45) is 3.31. The maximum absolute atomic E-state index is 10.8. The lowest BCUT2D eigenvalue weighted by Gasteiger charge is -2.49. The minimum absolute atomic E-state index is 0.0555. The first kappa shape index (κ1) is 16.2. The number of rotatable bonds is 1. The molecule has 0 aliphatic heterocycles. The van der Waals surface area contributed by atoms with Gasteiger partial charge in [0.25, 0.3) is 0 Å². The number of halogens is 1. The number of methoxy groups -OCH3 is 1. The van der Waals surface area contributed by atoms with Crippen LogP contribution in [0.25, 0.3) is 0 Å². The average molecular weight is 350 g/mol. The normalized spacial score (nSPS) is 42.3. The summed E-state index contributed by atoms with van der Waals surface area (Å²) >= 11 is 6.41. The minimum Gasteiger partial charge on any atom is -0.497 e. The van der Waals surface area contributed by atoms with Gasteiger partial charge >= 0.3 is 0 Å². The molecule has 4 rings (SSSR count). The Morgan fingerprint density at radius 3 is 2.83 bits per heavy atom. The fourth-order valence-electron chi connectivity index (χ4n) is 5.69. The standard InChI is InChI=1S/C19H24ClNO3/c1-19-8-7-13-12-6-4-11(24-2)9-10(12)3-5-14(13)15(19)17(22)16(20)18(19)21-23/h4,6,9,13-17,22-23H,3,5,7-8H2,1-2H3/t13-,14-,15-,16-,17+,19+/m1/s1. The number of alkyl halides is 1. The summed E-state index contributed by atoms with van der Waals surface area (Å²) in [6, 6.07) is 6.37. The average Bonchev–Trinajstić information content (AvgIpc) is 2.79. The molecule has 2 saturated carbocycles. The predicted octanol–water partition coefficient (Wildman–Crippen LogP) is 3.57. The third-order valence-electron chi connectivity index (χ3n) is 6.81. The molecule has 0 heterocycles. The lowest BCUT2D eigenvalue weighted by atomic mass is 9.55. The van der Waals surface area contributed by atoms with Crippen LogP contribution in [0.2, 0.25) is 0 Å². The number of ether oxygens (including phenoxy) is 1. The van der Waals surface area contributed by atoms with E-state index in [-0.39, 0.29) is 11.3 Å². The van der Waals surface area contributed by atoms with E-state index in [0.717, 1.165) is 31.4 Å². The van der Waals surface area contributed by atoms with Gasteiger partial charge < -0.3 is 15.1 Å². The van der Waals surface area contributed by atoms with Gasteiger partial charge in [0.15, 0.2) is 0 Å². The molecular formula is C19H24ClNO3. The summed E-state index contributed by atoms with van der Waals surface area (Å²) in [6.45, 7) is 2.11. The van der Waals surface area contributed by atoms with E-state index in [9.17, 15) is 10.3 Å². The van der Waals surface area contributed by atoms with Gasteiger partial charge in [0.1, 0.15) is 11.1 Å². The van der Waals surface area contributed by atoms with E-state index < -0.39 is 11.5 Å². The van der Waals surface area contributed by atoms with Crippen molar-refractivity contribution in [2.75, 3.05) is 7.11 Å². The van der Waals surface area contributed by atoms with Crippen LogP contribution < -0.4 is 4.74 Å². The summed E-state index contributed by atoms with van der Waals surface area (Å²) in [7, 11) is 1.70. The first-order valence-electron chi connectivity index (χ1n) is 8.72. The van der Waals surface area contributed by atoms with Gasteiger partial charge in [-0.05, 0) is 60.8 Å². The Kier molecular flexibility index (Phi) is 3.81. The van der Waals surface area contributed by atoms with Crippen LogP contribution in [-0.2, 0) is 6.42 Å². The number of aliphatic hydroxyl groups is 1. The Hall–Kier alpha value is -1.26. The molecule has 4 nitrogen and oxygen atoms in total. The Morgan fingerprint density at radius 1 is 1.33 bits per heavy atom. The first-order valence-corrected chi connectivity index (χ1v) is 9.16. The van der Waals surface area contributed by atoms with Gasteiger partial charge in [-0.3, -0.25) is 0 Å². The number of benzene rings is 1. The molecule has 2 N–H and O–H groups in total. The van der Waals surface area contributed by atoms with Gasteiger partial charge in [0.2, 0.25) is 0 Å². The molecule has 0 radical (unpaired) electrons. The van der Waals surface area contributed by atoms with Gasteiger partial charge in [0.05, 0.1) is 18.9 Å². The van der Waals surface area contributed by atoms with Crippen LogP contribution in [0.1, 0.15) is 43.2 Å². The van der Waals surface area contributed by atoms with Gasteiger partial charge in [0, 0.05) is 11.3 Å². The van der Waals surface area contributed by atoms with Crippen molar-refractivity contribution < 1.29 is 15.1 Å². The van der Waals surface area contributed by atoms with Gasteiger partial charge in [-0.15, -0.1) is 11.6 Å². The van der Waals surface area contributed by atoms with Crippen LogP contribution in [0.5, 0.6) is 5.75 Å². The number of hydrogen-bond donors (Lipinski definition) is 2. The summed E-state index contributed by atoms with van der Waals surface area (Å²) in [4.78, 5) is 0. The molecule has 130 valence electrons. The molecule has 6 atom stereocenters. The number of aryl methyl sites for hydroxylation is 1. The highest BCUT2D eigenvalue weighted by molar-refractivity contribution is 6.34. The lowest BCUT2D eigenvalue weighted by Crippen LogP contribution is -2.45. The van der Waals surface area contributed by atoms with E-state index in [2.05, 4.69) is 24.2 Å². The zero-order valence-corrected chi connectivity index (χ0v) is 14.8. The quantitative estimate of drug-likeness (QED) is 0.463. The fraction of sp³-hybridized carbons (Fsp3) is 0.632. The maximum Gasteiger partial charge on any atom is 0.119 e. The molecule has 0 aromatic heterocycles. The van der Waals surface area contributed by atoms with Crippen molar-refractivity contribution in [3.8, 4) is 5.75 Å². The van der Waals surface area contributed by atoms with Gasteiger partial charge in [-0.1, -0.05) is 18.1 Å². The van der Waals surface area contributed by atoms with E-state index in [1.165, 1.54) is 11.1 Å². The first-order chi connectivity index (χ1) is 11.5. The summed E-state index contributed by atoms with van der Waals surface area (Å²) in [5.41, 5.74) is 3.03. The topological polar surface area (TPSA) is 62.0 Å². The molecular weight excluding hydrogens is 326 g/mol. The van der Waals surface area contributed by atoms with Crippen molar-refractivity contribution in [1.29, 1.82) is 0 Å². The summed E-state index contributed by atoms with van der Waals surface area (Å²) in [5, 5.41) is 23.1. The van der Waals surface area contributed by atoms with E-state index >= 15 is 0 Å². The second-order valence-electron chi connectivity index (χ2n) is 7.73. The highest BCUT2D eigenvalue weighted by Gasteiger charge is 2.61. The highest BCUT2D eigenvalue weighted by Crippen LogP contribution is 2.60. The monoisotopic (exact) mass is 349 g/mol. The van der Waals surface area contributed by atoms with E-state index in [1.54, 1.807) is 7.11 Å². The second kappa shape index (κ2) is 5.63. The molecule has 0 spiro atoms. The molecule has 0 saturated heterocycles. The SMILES string of the molecule is COc1ccc2c(c1)CC[C@H]1[C@@H]3[C@H](O)[C@@H](Cl)C(=NO)[C@@]3(C)CC[C@H]21. The molecule has 3 aliphatic rings. The van der Waals surface area contributed by atoms with Crippen LogP contribution in [0, 0.1) is 17.3 Å². The lowest BCUT2D eigenvalue weighted by molar-refractivity contribution is 0.00325. The fourth-order valence-corrected chi connectivity index (χ4v) is 6.14. The van der Waals surface area contributed by atoms with Crippen LogP contribution in [0.15, 0.2) is 23.4 Å². The molecule has 0 unspecified atom stereocenters. The van der Waals surface area contributed by atoms with Crippen LogP contribution in [0.3, 0.4) is 0 Å². The molecule has 5 heteroatoms. The van der Waals surface area contributed by atoms with E-state index in [0.29, 0.717) is 17.5 Å². The zero-order chi connectivity index (χ0) is 17.1. The Morgan fingerprint density at radius 2 is 2.12 bits per heavy atom. The van der Waals surface area contributed by atoms with Crippen molar-refractivity contribution in [3.05, 3.63) is 29.3 Å². The molecule has 24 heavy (non-hydrogen) atoms. The molecule has 2 fully saturated rings. The van der Waals surface area contributed by atoms with E-state index in [4.69, 9.17) is 16.3 Å². The Balaban J connectivity index is 1.74. The molecule has 3 aliphatic carbocycles. The van der Waals surface area contributed by atoms with Gasteiger partial charge in [-0.2, -0.15) is 0 Å². The van der Waals surface area contributed by atoms with Crippen molar-refractivity contribution in [3.63, 3.8) is 0 Å². The second-order valence-corrected chi connectivity index (χ2v) is 8.20. The maximum atomic E-state index is 10.8. The molecule has 1 aromatic carbocycles. The Labute approximate surface area is 147 Å². The summed E-state index contributed by atoms with van der Waals surface area (Å²) < 4.78 is 5.36. The predicted molar refractivity (Wildman–Crippen MR) is 93.2 cm³/mol. The van der Waals surface area contributed by atoms with Crippen molar-refractivity contribution in [2.45, 2.75) is 50.0 Å². The van der Waals surface area contributed by atoms with Crippen molar-refractivity contribution >= 4 is 17.3 Å². The minimum atomic E-state index is -0.643. The third-order valence-corrected chi connectivity index (χ3v) is 7.27. The Bertz CT molecular complexity index is 691. The third kappa shape index (κ3) is 2.05.